The van der Waals surface area contributed by atoms with Crippen molar-refractivity contribution >= 4 is 22.1 Å². The summed E-state index contributed by atoms with van der Waals surface area (Å²) in [6.07, 6.45) is -7.16. The Labute approximate surface area is 275 Å². The topological polar surface area (TPSA) is 167 Å². The maximum Gasteiger partial charge on any atom is 0.511 e. The van der Waals surface area contributed by atoms with E-state index < -0.39 is 57.9 Å². The first kappa shape index (κ1) is 37.6. The lowest BCUT2D eigenvalue weighted by atomic mass is 10.1. The highest BCUT2D eigenvalue weighted by atomic mass is 32.2. The molecular formula is C30H37F3N6O8S. The Bertz CT molecular complexity index is 1750. The summed E-state index contributed by atoms with van der Waals surface area (Å²) >= 11 is 0. The number of aromatic nitrogens is 2. The Kier molecular flexibility index (Phi) is 11.0. The van der Waals surface area contributed by atoms with Crippen LogP contribution in [0.15, 0.2) is 64.8 Å². The van der Waals surface area contributed by atoms with Crippen LogP contribution in [0, 0.1) is 12.1 Å². The molecule has 0 aliphatic heterocycles. The molecule has 0 spiro atoms. The predicted octanol–water partition coefficient (Wildman–Crippen LogP) is 5.88. The van der Waals surface area contributed by atoms with Crippen LogP contribution in [0.2, 0.25) is 0 Å². The zero-order chi connectivity index (χ0) is 36.2. The summed E-state index contributed by atoms with van der Waals surface area (Å²) in [5, 5.41) is 20.6. The summed E-state index contributed by atoms with van der Waals surface area (Å²) in [5.41, 5.74) is -1.47. The number of benzene rings is 2. The van der Waals surface area contributed by atoms with Crippen LogP contribution in [0.3, 0.4) is 0 Å². The van der Waals surface area contributed by atoms with Gasteiger partial charge in [-0.2, -0.15) is 18.3 Å². The summed E-state index contributed by atoms with van der Waals surface area (Å²) in [6.45, 7) is 11.8. The average Bonchev–Trinajstić information content (AvgIpc) is 3.40. The van der Waals surface area contributed by atoms with Crippen LogP contribution in [0.5, 0.6) is 0 Å². The summed E-state index contributed by atoms with van der Waals surface area (Å²) in [6, 6.07) is 12.3. The first-order chi connectivity index (χ1) is 22.0. The number of alkyl halides is 3. The fourth-order valence-electron chi connectivity index (χ4n) is 3.93. The van der Waals surface area contributed by atoms with Crippen LogP contribution in [0.1, 0.15) is 59.7 Å². The zero-order valence-electron chi connectivity index (χ0n) is 27.5. The summed E-state index contributed by atoms with van der Waals surface area (Å²) < 4.78 is 79.5. The van der Waals surface area contributed by atoms with E-state index >= 15 is 0 Å². The standard InChI is InChI=1S/C30H37F3N6O8S/c1-19-9-11-21(12-10-19)24-17-25(30(31,32)33)34-38(24)22-13-15-23(16-14-22)48(43,44)35-26(40)18-37(28(3,4)5)39(42)36-47-20(2)45-27(41)46-29(6,7)8/h9-17,20H,18H2,1-8H3,(H,35,40)/b39-36-. The molecule has 1 N–H and O–H groups in total. The number of ether oxygens (including phenoxy) is 2. The minimum Gasteiger partial charge on any atom is -0.569 e. The van der Waals surface area contributed by atoms with Gasteiger partial charge in [0, 0.05) is 12.5 Å². The second kappa shape index (κ2) is 14.1. The highest BCUT2D eigenvalue weighted by molar-refractivity contribution is 7.90. The number of hydrazine groups is 1. The third-order valence-electron chi connectivity index (χ3n) is 6.18. The van der Waals surface area contributed by atoms with Gasteiger partial charge in [-0.15, -0.1) is 5.01 Å². The molecule has 2 aromatic carbocycles. The maximum absolute atomic E-state index is 13.5. The molecule has 0 saturated heterocycles. The number of amides is 1. The molecule has 0 bridgehead atoms. The number of nitrogens with one attached hydrogen (secondary N) is 1. The Hall–Kier alpha value is -4.87. The van der Waals surface area contributed by atoms with Crippen molar-refractivity contribution in [2.24, 2.45) is 5.28 Å². The van der Waals surface area contributed by atoms with Gasteiger partial charge in [-0.25, -0.2) is 22.6 Å². The van der Waals surface area contributed by atoms with E-state index in [0.717, 1.165) is 33.5 Å². The predicted molar refractivity (Wildman–Crippen MR) is 164 cm³/mol. The molecule has 14 nitrogen and oxygen atoms in total. The first-order valence-corrected chi connectivity index (χ1v) is 15.9. The highest BCUT2D eigenvalue weighted by Gasteiger charge is 2.36. The molecule has 1 heterocycles. The van der Waals surface area contributed by atoms with Crippen molar-refractivity contribution in [3.8, 4) is 16.9 Å². The molecule has 1 atom stereocenters. The van der Waals surface area contributed by atoms with E-state index in [1.54, 1.807) is 65.8 Å². The van der Waals surface area contributed by atoms with Crippen LogP contribution in [0.25, 0.3) is 16.9 Å². The third-order valence-corrected chi connectivity index (χ3v) is 7.57. The number of aryl methyl sites for hydroxylation is 1. The molecule has 0 fully saturated rings. The second-order valence-electron chi connectivity index (χ2n) is 12.5. The first-order valence-electron chi connectivity index (χ1n) is 14.4. The number of nitrogens with zero attached hydrogens (tertiary/aromatic N) is 5. The van der Waals surface area contributed by atoms with Gasteiger partial charge < -0.3 is 14.7 Å². The highest BCUT2D eigenvalue weighted by Crippen LogP contribution is 2.33. The Morgan fingerprint density at radius 3 is 2.15 bits per heavy atom. The summed E-state index contributed by atoms with van der Waals surface area (Å²) in [5.74, 6) is -1.12. The smallest absolute Gasteiger partial charge is 0.511 e. The number of halogens is 3. The van der Waals surface area contributed by atoms with Crippen LogP contribution < -0.4 is 4.72 Å². The largest absolute Gasteiger partial charge is 0.569 e. The van der Waals surface area contributed by atoms with Gasteiger partial charge in [0.15, 0.2) is 12.2 Å². The Morgan fingerprint density at radius 2 is 1.62 bits per heavy atom. The van der Waals surface area contributed by atoms with E-state index in [4.69, 9.17) is 14.3 Å². The van der Waals surface area contributed by atoms with Gasteiger partial charge in [-0.3, -0.25) is 9.63 Å². The molecule has 3 aromatic rings. The number of hydrogen-bond acceptors (Lipinski definition) is 10. The van der Waals surface area contributed by atoms with Gasteiger partial charge >= 0.3 is 12.3 Å². The quantitative estimate of drug-likeness (QED) is 0.0888. The van der Waals surface area contributed by atoms with Crippen molar-refractivity contribution in [3.63, 3.8) is 0 Å². The maximum atomic E-state index is 13.5. The molecule has 18 heteroatoms. The number of hydrogen-bond donors (Lipinski definition) is 1. The number of rotatable bonds is 10. The van der Waals surface area contributed by atoms with E-state index in [2.05, 4.69) is 10.4 Å². The van der Waals surface area contributed by atoms with Gasteiger partial charge in [0.05, 0.1) is 26.8 Å². The summed E-state index contributed by atoms with van der Waals surface area (Å²) in [4.78, 5) is 29.0. The fourth-order valence-corrected chi connectivity index (χ4v) is 4.90. The normalized spacial score (nSPS) is 13.4. The number of carbonyl (C=O) groups is 2. The van der Waals surface area contributed by atoms with Crippen molar-refractivity contribution in [1.82, 2.24) is 19.5 Å². The van der Waals surface area contributed by atoms with Crippen LogP contribution in [0.4, 0.5) is 18.0 Å². The Balaban J connectivity index is 1.77. The lowest BCUT2D eigenvalue weighted by Gasteiger charge is -2.29. The van der Waals surface area contributed by atoms with Crippen LogP contribution >= 0.6 is 0 Å². The average molecular weight is 699 g/mol. The van der Waals surface area contributed by atoms with Crippen molar-refractivity contribution in [2.45, 2.75) is 83.9 Å². The fraction of sp³-hybridized carbons (Fsp3) is 0.433. The van der Waals surface area contributed by atoms with E-state index in [-0.39, 0.29) is 21.2 Å². The van der Waals surface area contributed by atoms with Crippen molar-refractivity contribution < 1.29 is 50.5 Å². The molecule has 48 heavy (non-hydrogen) atoms. The molecule has 1 unspecified atom stereocenters. The van der Waals surface area contributed by atoms with Crippen LogP contribution in [-0.4, -0.2) is 64.2 Å². The van der Waals surface area contributed by atoms with Gasteiger partial charge in [0.25, 0.3) is 22.2 Å². The third kappa shape index (κ3) is 10.3. The number of carbonyl (C=O) groups excluding carboxylic acids is 2. The number of sulfonamides is 1. The van der Waals surface area contributed by atoms with E-state index in [0.29, 0.717) is 5.56 Å². The lowest BCUT2D eigenvalue weighted by Crippen LogP contribution is -2.51. The monoisotopic (exact) mass is 698 g/mol. The molecule has 1 aromatic heterocycles. The van der Waals surface area contributed by atoms with E-state index in [1.165, 1.54) is 19.1 Å². The van der Waals surface area contributed by atoms with Gasteiger partial charge in [0.2, 0.25) is 5.28 Å². The minimum atomic E-state index is -4.73. The van der Waals surface area contributed by atoms with Crippen molar-refractivity contribution in [2.75, 3.05) is 6.54 Å². The summed E-state index contributed by atoms with van der Waals surface area (Å²) in [7, 11) is -4.50. The molecule has 3 rings (SSSR count). The van der Waals surface area contributed by atoms with E-state index in [9.17, 15) is 36.4 Å². The SMILES string of the molecule is Cc1ccc(-c2cc(C(F)(F)F)nn2-c2ccc(S(=O)(=O)NC(=O)CN(/[N+]([O-])=N/OC(C)OC(=O)OC(C)(C)C)C(C)(C)C)cc2)cc1. The lowest BCUT2D eigenvalue weighted by molar-refractivity contribution is -0.724. The van der Waals surface area contributed by atoms with Gasteiger partial charge in [0.1, 0.15) is 5.60 Å². The van der Waals surface area contributed by atoms with Crippen molar-refractivity contribution in [3.05, 3.63) is 71.1 Å². The minimum absolute atomic E-state index is 0.0964. The molecular weight excluding hydrogens is 661 g/mol. The molecule has 0 aliphatic carbocycles. The van der Waals surface area contributed by atoms with Crippen molar-refractivity contribution in [1.29, 1.82) is 0 Å². The van der Waals surface area contributed by atoms with E-state index in [1.807, 2.05) is 11.6 Å². The van der Waals surface area contributed by atoms with Gasteiger partial charge in [-0.05, 0) is 78.8 Å². The molecule has 0 aliphatic rings. The molecule has 1 amide bonds. The van der Waals surface area contributed by atoms with Crippen LogP contribution in [-0.2, 0) is 35.3 Å². The Morgan fingerprint density at radius 1 is 1.04 bits per heavy atom. The molecule has 0 radical (unpaired) electrons. The second-order valence-corrected chi connectivity index (χ2v) is 14.2. The van der Waals surface area contributed by atoms with Gasteiger partial charge in [-0.1, -0.05) is 29.8 Å². The molecule has 0 saturated carbocycles. The zero-order valence-corrected chi connectivity index (χ0v) is 28.3. The molecule has 262 valence electrons.